The lowest BCUT2D eigenvalue weighted by atomic mass is 10.0. The number of thioether (sulfide) groups is 1. The van der Waals surface area contributed by atoms with E-state index in [1.165, 1.54) is 22.1 Å². The number of benzene rings is 2. The van der Waals surface area contributed by atoms with Crippen molar-refractivity contribution in [3.63, 3.8) is 0 Å². The maximum absolute atomic E-state index is 3.53. The largest absolute Gasteiger partial charge is 0.301 e. The number of hydrogen-bond donors (Lipinski definition) is 1. The molecule has 2 aromatic rings. The second kappa shape index (κ2) is 3.87. The van der Waals surface area contributed by atoms with Crippen molar-refractivity contribution in [1.82, 2.24) is 5.32 Å². The predicted octanol–water partition coefficient (Wildman–Crippen LogP) is 3.17. The zero-order valence-electron chi connectivity index (χ0n) is 8.44. The minimum absolute atomic E-state index is 0.483. The molecule has 1 aliphatic heterocycles. The molecule has 1 N–H and O–H groups in total. The van der Waals surface area contributed by atoms with Crippen LogP contribution >= 0.6 is 11.8 Å². The number of rotatable bonds is 1. The van der Waals surface area contributed by atoms with Gasteiger partial charge in [-0.05, 0) is 16.3 Å². The Hall–Kier alpha value is -0.990. The fraction of sp³-hybridized carbons (Fsp3) is 0.231. The number of hydrogen-bond acceptors (Lipinski definition) is 2. The van der Waals surface area contributed by atoms with Crippen LogP contribution in [-0.2, 0) is 0 Å². The Morgan fingerprint density at radius 2 is 1.93 bits per heavy atom. The van der Waals surface area contributed by atoms with Crippen molar-refractivity contribution in [2.45, 2.75) is 5.37 Å². The molecule has 0 amide bonds. The molecule has 15 heavy (non-hydrogen) atoms. The van der Waals surface area contributed by atoms with Gasteiger partial charge in [0.25, 0.3) is 0 Å². The fourth-order valence-electron chi connectivity index (χ4n) is 2.10. The van der Waals surface area contributed by atoms with Crippen molar-refractivity contribution in [3.8, 4) is 0 Å². The standard InChI is InChI=1S/C13H13NS/c1-2-6-11-10(4-1)5-3-7-12(11)13-14-8-9-15-13/h1-7,13-14H,8-9H2. The van der Waals surface area contributed by atoms with Crippen LogP contribution in [-0.4, -0.2) is 12.3 Å². The molecular weight excluding hydrogens is 202 g/mol. The summed E-state index contributed by atoms with van der Waals surface area (Å²) in [6.07, 6.45) is 0. The van der Waals surface area contributed by atoms with Gasteiger partial charge in [0.1, 0.15) is 0 Å². The van der Waals surface area contributed by atoms with Crippen molar-refractivity contribution in [2.24, 2.45) is 0 Å². The Morgan fingerprint density at radius 1 is 1.07 bits per heavy atom. The topological polar surface area (TPSA) is 12.0 Å². The first kappa shape index (κ1) is 9.25. The first-order valence-corrected chi connectivity index (χ1v) is 6.33. The lowest BCUT2D eigenvalue weighted by Crippen LogP contribution is -2.12. The molecule has 1 unspecified atom stereocenters. The van der Waals surface area contributed by atoms with E-state index >= 15 is 0 Å². The monoisotopic (exact) mass is 215 g/mol. The molecule has 0 bridgehead atoms. The molecule has 0 aliphatic carbocycles. The van der Waals surface area contributed by atoms with Gasteiger partial charge in [-0.3, -0.25) is 0 Å². The van der Waals surface area contributed by atoms with Gasteiger partial charge in [0.15, 0.2) is 0 Å². The van der Waals surface area contributed by atoms with Gasteiger partial charge in [-0.25, -0.2) is 0 Å². The molecule has 2 aromatic carbocycles. The van der Waals surface area contributed by atoms with E-state index in [9.17, 15) is 0 Å². The maximum Gasteiger partial charge on any atom is 0.0796 e. The van der Waals surface area contributed by atoms with E-state index in [0.717, 1.165) is 6.54 Å². The average molecular weight is 215 g/mol. The third kappa shape index (κ3) is 1.64. The smallest absolute Gasteiger partial charge is 0.0796 e. The first-order valence-electron chi connectivity index (χ1n) is 5.28. The zero-order valence-corrected chi connectivity index (χ0v) is 9.26. The molecular formula is C13H13NS. The predicted molar refractivity (Wildman–Crippen MR) is 67.1 cm³/mol. The summed E-state index contributed by atoms with van der Waals surface area (Å²) in [4.78, 5) is 0. The molecule has 0 aromatic heterocycles. The molecule has 1 fully saturated rings. The zero-order chi connectivity index (χ0) is 10.1. The van der Waals surface area contributed by atoms with Gasteiger partial charge < -0.3 is 5.32 Å². The van der Waals surface area contributed by atoms with E-state index in [-0.39, 0.29) is 0 Å². The van der Waals surface area contributed by atoms with Crippen LogP contribution in [0.4, 0.5) is 0 Å². The summed E-state index contributed by atoms with van der Waals surface area (Å²) in [6.45, 7) is 1.12. The SMILES string of the molecule is c1ccc2c(C3NCCS3)cccc2c1. The highest BCUT2D eigenvalue weighted by molar-refractivity contribution is 7.99. The lowest BCUT2D eigenvalue weighted by Gasteiger charge is -2.12. The Bertz CT molecular complexity index is 469. The molecule has 3 rings (SSSR count). The van der Waals surface area contributed by atoms with E-state index in [0.29, 0.717) is 5.37 Å². The lowest BCUT2D eigenvalue weighted by molar-refractivity contribution is 0.755. The van der Waals surface area contributed by atoms with Gasteiger partial charge >= 0.3 is 0 Å². The molecule has 1 aliphatic rings. The van der Waals surface area contributed by atoms with Crippen LogP contribution in [0.2, 0.25) is 0 Å². The second-order valence-corrected chi connectivity index (χ2v) is 4.99. The third-order valence-electron chi connectivity index (χ3n) is 2.82. The summed E-state index contributed by atoms with van der Waals surface area (Å²) < 4.78 is 0. The van der Waals surface area contributed by atoms with Gasteiger partial charge in [0.2, 0.25) is 0 Å². The quantitative estimate of drug-likeness (QED) is 0.784. The van der Waals surface area contributed by atoms with Gasteiger partial charge in [0, 0.05) is 12.3 Å². The maximum atomic E-state index is 3.53. The van der Waals surface area contributed by atoms with Crippen molar-refractivity contribution < 1.29 is 0 Å². The highest BCUT2D eigenvalue weighted by Gasteiger charge is 2.18. The summed E-state index contributed by atoms with van der Waals surface area (Å²) in [5.74, 6) is 1.22. The Morgan fingerprint density at radius 3 is 2.80 bits per heavy atom. The van der Waals surface area contributed by atoms with Crippen LogP contribution in [0.15, 0.2) is 42.5 Å². The van der Waals surface area contributed by atoms with E-state index in [1.54, 1.807) is 0 Å². The van der Waals surface area contributed by atoms with E-state index in [4.69, 9.17) is 0 Å². The van der Waals surface area contributed by atoms with Crippen LogP contribution in [0.1, 0.15) is 10.9 Å². The summed E-state index contributed by atoms with van der Waals surface area (Å²) >= 11 is 2.00. The summed E-state index contributed by atoms with van der Waals surface area (Å²) in [6, 6.07) is 15.2. The molecule has 0 radical (unpaired) electrons. The second-order valence-electron chi connectivity index (χ2n) is 3.77. The summed E-state index contributed by atoms with van der Waals surface area (Å²) in [5, 5.41) is 6.73. The van der Waals surface area contributed by atoms with Crippen LogP contribution in [0.3, 0.4) is 0 Å². The molecule has 0 spiro atoms. The highest BCUT2D eigenvalue weighted by atomic mass is 32.2. The Labute approximate surface area is 93.9 Å². The third-order valence-corrected chi connectivity index (χ3v) is 4.02. The van der Waals surface area contributed by atoms with Crippen molar-refractivity contribution in [3.05, 3.63) is 48.0 Å². The van der Waals surface area contributed by atoms with Crippen LogP contribution in [0.25, 0.3) is 10.8 Å². The van der Waals surface area contributed by atoms with Crippen LogP contribution in [0, 0.1) is 0 Å². The molecule has 1 heterocycles. The Balaban J connectivity index is 2.16. The number of fused-ring (bicyclic) bond motifs is 1. The van der Waals surface area contributed by atoms with Gasteiger partial charge in [-0.2, -0.15) is 0 Å². The van der Waals surface area contributed by atoms with Gasteiger partial charge in [0.05, 0.1) is 5.37 Å². The average Bonchev–Trinajstić information content (AvgIpc) is 2.82. The van der Waals surface area contributed by atoms with Crippen molar-refractivity contribution in [2.75, 3.05) is 12.3 Å². The summed E-state index contributed by atoms with van der Waals surface area (Å²) in [7, 11) is 0. The van der Waals surface area contributed by atoms with E-state index in [1.807, 2.05) is 11.8 Å². The summed E-state index contributed by atoms with van der Waals surface area (Å²) in [5.41, 5.74) is 1.43. The van der Waals surface area contributed by atoms with Crippen molar-refractivity contribution >= 4 is 22.5 Å². The molecule has 1 nitrogen and oxygen atoms in total. The van der Waals surface area contributed by atoms with Gasteiger partial charge in [-0.1, -0.05) is 42.5 Å². The number of nitrogens with one attached hydrogen (secondary N) is 1. The van der Waals surface area contributed by atoms with E-state index in [2.05, 4.69) is 47.8 Å². The van der Waals surface area contributed by atoms with Gasteiger partial charge in [-0.15, -0.1) is 11.8 Å². The highest BCUT2D eigenvalue weighted by Crippen LogP contribution is 2.34. The first-order chi connectivity index (χ1) is 7.45. The Kier molecular flexibility index (Phi) is 2.39. The molecule has 1 saturated heterocycles. The molecule has 76 valence electrons. The molecule has 0 saturated carbocycles. The van der Waals surface area contributed by atoms with Crippen LogP contribution < -0.4 is 5.32 Å². The fourth-order valence-corrected chi connectivity index (χ4v) is 3.20. The molecule has 2 heteroatoms. The minimum atomic E-state index is 0.483. The van der Waals surface area contributed by atoms with E-state index < -0.39 is 0 Å². The minimum Gasteiger partial charge on any atom is -0.301 e. The van der Waals surface area contributed by atoms with Crippen LogP contribution in [0.5, 0.6) is 0 Å². The molecule has 1 atom stereocenters. The van der Waals surface area contributed by atoms with Crippen molar-refractivity contribution in [1.29, 1.82) is 0 Å². The normalized spacial score (nSPS) is 20.9.